The molecule has 0 spiro atoms. The first-order valence-corrected chi connectivity index (χ1v) is 9.59. The molecule has 2 aromatic rings. The lowest BCUT2D eigenvalue weighted by Gasteiger charge is -2.26. The van der Waals surface area contributed by atoms with Crippen molar-refractivity contribution in [3.8, 4) is 11.5 Å². The maximum atomic E-state index is 13.0. The smallest absolute Gasteiger partial charge is 0.295 e. The van der Waals surface area contributed by atoms with Crippen molar-refractivity contribution < 1.29 is 24.2 Å². The lowest BCUT2D eigenvalue weighted by atomic mass is 9.95. The van der Waals surface area contributed by atoms with Crippen LogP contribution in [0, 0.1) is 0 Å². The van der Waals surface area contributed by atoms with Crippen molar-refractivity contribution in [3.05, 3.63) is 65.2 Å². The molecule has 7 heteroatoms. The number of aliphatic hydroxyl groups is 1. The van der Waals surface area contributed by atoms with Crippen molar-refractivity contribution in [1.29, 1.82) is 0 Å². The number of ether oxygens (including phenoxy) is 2. The predicted molar refractivity (Wildman–Crippen MR) is 114 cm³/mol. The number of rotatable bonds is 7. The Balaban J connectivity index is 2.16. The monoisotopic (exact) mass is 410 g/mol. The lowest BCUT2D eigenvalue weighted by molar-refractivity contribution is -0.140. The molecule has 1 fully saturated rings. The minimum atomic E-state index is -0.716. The highest BCUT2D eigenvalue weighted by atomic mass is 16.5. The van der Waals surface area contributed by atoms with Crippen LogP contribution in [0.3, 0.4) is 0 Å². The van der Waals surface area contributed by atoms with Gasteiger partial charge in [0, 0.05) is 18.7 Å². The Kier molecular flexibility index (Phi) is 6.42. The van der Waals surface area contributed by atoms with Gasteiger partial charge in [-0.15, -0.1) is 0 Å². The zero-order valence-corrected chi connectivity index (χ0v) is 17.6. The fourth-order valence-electron chi connectivity index (χ4n) is 3.50. The SMILES string of the molecule is COc1cccc(/C(O)=C2\C(=O)C(=O)N(CCN(C)C)[C@H]2c2cccc(OC)c2)c1. The first-order chi connectivity index (χ1) is 14.4. The Morgan fingerprint density at radius 1 is 1.03 bits per heavy atom. The number of carbonyl (C=O) groups is 2. The average Bonchev–Trinajstić information content (AvgIpc) is 3.01. The fraction of sp³-hybridized carbons (Fsp3) is 0.304. The molecule has 1 aliphatic heterocycles. The Morgan fingerprint density at radius 3 is 2.30 bits per heavy atom. The summed E-state index contributed by atoms with van der Waals surface area (Å²) in [5.74, 6) is -0.422. The van der Waals surface area contributed by atoms with E-state index >= 15 is 0 Å². The number of carbonyl (C=O) groups excluding carboxylic acids is 2. The second-order valence-electron chi connectivity index (χ2n) is 7.30. The number of ketones is 1. The average molecular weight is 410 g/mol. The minimum absolute atomic E-state index is 0.0558. The number of Topliss-reactive ketones (excluding diaryl/α,β-unsaturated/α-hetero) is 1. The number of nitrogens with zero attached hydrogens (tertiary/aromatic N) is 2. The van der Waals surface area contributed by atoms with E-state index in [0.717, 1.165) is 0 Å². The summed E-state index contributed by atoms with van der Waals surface area (Å²) in [6, 6.07) is 13.2. The molecule has 0 radical (unpaired) electrons. The third-order valence-electron chi connectivity index (χ3n) is 5.08. The number of likely N-dealkylation sites (tertiary alicyclic amines) is 1. The molecule has 1 atom stereocenters. The van der Waals surface area contributed by atoms with Crippen LogP contribution in [-0.2, 0) is 9.59 Å². The Hall–Kier alpha value is -3.32. The van der Waals surface area contributed by atoms with Crippen LogP contribution in [0.25, 0.3) is 5.76 Å². The maximum Gasteiger partial charge on any atom is 0.295 e. The van der Waals surface area contributed by atoms with E-state index in [1.165, 1.54) is 12.0 Å². The van der Waals surface area contributed by atoms with E-state index in [1.807, 2.05) is 25.1 Å². The van der Waals surface area contributed by atoms with Crippen LogP contribution in [0.4, 0.5) is 0 Å². The standard InChI is InChI=1S/C23H26N2O5/c1-24(2)11-12-25-20(15-7-5-9-17(13-15)29-3)19(22(27)23(25)28)21(26)16-8-6-10-18(14-16)30-4/h5-10,13-14,20,26H,11-12H2,1-4H3/b21-19+/t20-/m0/s1. The first kappa shape index (κ1) is 21.4. The van der Waals surface area contributed by atoms with Crippen molar-refractivity contribution in [2.24, 2.45) is 0 Å². The molecule has 158 valence electrons. The Labute approximate surface area is 176 Å². The third kappa shape index (κ3) is 4.16. The van der Waals surface area contributed by atoms with Crippen molar-refractivity contribution in [2.45, 2.75) is 6.04 Å². The highest BCUT2D eigenvalue weighted by Gasteiger charge is 2.46. The largest absolute Gasteiger partial charge is 0.507 e. The maximum absolute atomic E-state index is 13.0. The van der Waals surface area contributed by atoms with Crippen molar-refractivity contribution >= 4 is 17.4 Å². The van der Waals surface area contributed by atoms with E-state index in [0.29, 0.717) is 35.7 Å². The van der Waals surface area contributed by atoms with Crippen LogP contribution in [0.5, 0.6) is 11.5 Å². The third-order valence-corrected chi connectivity index (χ3v) is 5.08. The molecule has 1 heterocycles. The van der Waals surface area contributed by atoms with E-state index in [4.69, 9.17) is 9.47 Å². The van der Waals surface area contributed by atoms with Crippen LogP contribution >= 0.6 is 0 Å². The lowest BCUT2D eigenvalue weighted by Crippen LogP contribution is -2.35. The number of aliphatic hydroxyl groups excluding tert-OH is 1. The zero-order chi connectivity index (χ0) is 21.8. The van der Waals surface area contributed by atoms with Crippen LogP contribution in [-0.4, -0.2) is 68.0 Å². The zero-order valence-electron chi connectivity index (χ0n) is 17.6. The number of hydrogen-bond acceptors (Lipinski definition) is 6. The number of benzene rings is 2. The molecule has 0 aromatic heterocycles. The van der Waals surface area contributed by atoms with Gasteiger partial charge in [0.05, 0.1) is 25.8 Å². The number of hydrogen-bond donors (Lipinski definition) is 1. The molecule has 1 N–H and O–H groups in total. The topological polar surface area (TPSA) is 79.3 Å². The molecule has 7 nitrogen and oxygen atoms in total. The van der Waals surface area contributed by atoms with Crippen LogP contribution in [0.1, 0.15) is 17.2 Å². The summed E-state index contributed by atoms with van der Waals surface area (Å²) in [4.78, 5) is 29.3. The summed E-state index contributed by atoms with van der Waals surface area (Å²) in [5, 5.41) is 11.1. The Morgan fingerprint density at radius 2 is 1.67 bits per heavy atom. The second-order valence-corrected chi connectivity index (χ2v) is 7.30. The molecule has 0 bridgehead atoms. The van der Waals surface area contributed by atoms with Crippen molar-refractivity contribution in [1.82, 2.24) is 9.80 Å². The summed E-state index contributed by atoms with van der Waals surface area (Å²) in [6.07, 6.45) is 0. The van der Waals surface area contributed by atoms with Crippen molar-refractivity contribution in [3.63, 3.8) is 0 Å². The molecule has 0 aliphatic carbocycles. The molecule has 0 unspecified atom stereocenters. The van der Waals surface area contributed by atoms with Crippen LogP contribution < -0.4 is 9.47 Å². The van der Waals surface area contributed by atoms with Gasteiger partial charge in [-0.2, -0.15) is 0 Å². The molecule has 1 saturated heterocycles. The molecule has 1 aliphatic rings. The fourth-order valence-corrected chi connectivity index (χ4v) is 3.50. The van der Waals surface area contributed by atoms with Gasteiger partial charge in [0.25, 0.3) is 11.7 Å². The van der Waals surface area contributed by atoms with E-state index in [9.17, 15) is 14.7 Å². The van der Waals surface area contributed by atoms with E-state index in [-0.39, 0.29) is 11.3 Å². The van der Waals surface area contributed by atoms with Gasteiger partial charge >= 0.3 is 0 Å². The highest BCUT2D eigenvalue weighted by Crippen LogP contribution is 2.40. The second kappa shape index (κ2) is 9.00. The molecule has 2 aromatic carbocycles. The van der Waals surface area contributed by atoms with E-state index < -0.39 is 17.7 Å². The van der Waals surface area contributed by atoms with Gasteiger partial charge in [-0.25, -0.2) is 0 Å². The normalized spacial score (nSPS) is 18.2. The highest BCUT2D eigenvalue weighted by molar-refractivity contribution is 6.46. The number of methoxy groups -OCH3 is 2. The summed E-state index contributed by atoms with van der Waals surface area (Å²) in [6.45, 7) is 0.918. The van der Waals surface area contributed by atoms with Crippen LogP contribution in [0.15, 0.2) is 54.1 Å². The van der Waals surface area contributed by atoms with E-state index in [2.05, 4.69) is 0 Å². The van der Waals surface area contributed by atoms with Gasteiger partial charge in [-0.1, -0.05) is 24.3 Å². The molecule has 3 rings (SSSR count). The summed E-state index contributed by atoms with van der Waals surface area (Å²) in [5.41, 5.74) is 1.16. The van der Waals surface area contributed by atoms with Gasteiger partial charge in [-0.3, -0.25) is 9.59 Å². The molecule has 1 amide bonds. The molecule has 0 saturated carbocycles. The minimum Gasteiger partial charge on any atom is -0.507 e. The van der Waals surface area contributed by atoms with Crippen molar-refractivity contribution in [2.75, 3.05) is 41.4 Å². The number of amides is 1. The summed E-state index contributed by atoms with van der Waals surface area (Å²) in [7, 11) is 6.87. The van der Waals surface area contributed by atoms with Gasteiger partial charge < -0.3 is 24.4 Å². The number of likely N-dealkylation sites (N-methyl/N-ethyl adjacent to an activating group) is 1. The van der Waals surface area contributed by atoms with E-state index in [1.54, 1.807) is 49.6 Å². The Bertz CT molecular complexity index is 983. The molecule has 30 heavy (non-hydrogen) atoms. The predicted octanol–water partition coefficient (Wildman–Crippen LogP) is 2.69. The van der Waals surface area contributed by atoms with Gasteiger partial charge in [0.15, 0.2) is 0 Å². The first-order valence-electron chi connectivity index (χ1n) is 9.59. The van der Waals surface area contributed by atoms with Crippen LogP contribution in [0.2, 0.25) is 0 Å². The molecular weight excluding hydrogens is 384 g/mol. The quantitative estimate of drug-likeness (QED) is 0.430. The van der Waals surface area contributed by atoms with Gasteiger partial charge in [0.1, 0.15) is 17.3 Å². The molecular formula is C23H26N2O5. The summed E-state index contributed by atoms with van der Waals surface area (Å²) < 4.78 is 10.5. The summed E-state index contributed by atoms with van der Waals surface area (Å²) >= 11 is 0. The van der Waals surface area contributed by atoms with Gasteiger partial charge in [-0.05, 0) is 43.9 Å². The van der Waals surface area contributed by atoms with Gasteiger partial charge in [0.2, 0.25) is 0 Å².